The smallest absolute Gasteiger partial charge is 0.0267 e. The van der Waals surface area contributed by atoms with Crippen LogP contribution in [0.2, 0.25) is 0 Å². The molecular formula is C12H28N2. The molecule has 2 N–H and O–H groups in total. The maximum absolute atomic E-state index is 4.50. The van der Waals surface area contributed by atoms with E-state index in [1.165, 1.54) is 7.05 Å². The number of nitrogens with two attached hydrogens (primary N) is 1. The van der Waals surface area contributed by atoms with Crippen LogP contribution >= 0.6 is 0 Å². The molecule has 0 aliphatic heterocycles. The molecule has 0 amide bonds. The van der Waals surface area contributed by atoms with Gasteiger partial charge in [-0.15, -0.1) is 0 Å². The van der Waals surface area contributed by atoms with Gasteiger partial charge in [-0.05, 0) is 19.2 Å². The summed E-state index contributed by atoms with van der Waals surface area (Å²) in [6, 6.07) is 5.72. The predicted octanol–water partition coefficient (Wildman–Crippen LogP) is 3.74. The minimum atomic E-state index is 1.50. The van der Waals surface area contributed by atoms with Crippen molar-refractivity contribution in [2.24, 2.45) is 5.73 Å². The Kier molecular flexibility index (Phi) is 94.7. The van der Waals surface area contributed by atoms with Gasteiger partial charge in [-0.1, -0.05) is 47.6 Å². The van der Waals surface area contributed by atoms with Gasteiger partial charge in [-0.25, -0.2) is 0 Å². The van der Waals surface area contributed by atoms with Crippen LogP contribution in [-0.4, -0.2) is 12.0 Å². The van der Waals surface area contributed by atoms with Crippen molar-refractivity contribution in [1.82, 2.24) is 4.98 Å². The summed E-state index contributed by atoms with van der Waals surface area (Å²) in [5.74, 6) is 0. The van der Waals surface area contributed by atoms with Crippen molar-refractivity contribution in [3.05, 3.63) is 30.6 Å². The van der Waals surface area contributed by atoms with Crippen LogP contribution in [0.25, 0.3) is 0 Å². The van der Waals surface area contributed by atoms with Crippen molar-refractivity contribution in [2.45, 2.75) is 41.5 Å². The zero-order valence-electron chi connectivity index (χ0n) is 10.9. The molecule has 1 aromatic heterocycles. The van der Waals surface area contributed by atoms with E-state index in [2.05, 4.69) is 10.7 Å². The van der Waals surface area contributed by atoms with Crippen LogP contribution in [0.1, 0.15) is 41.5 Å². The summed E-state index contributed by atoms with van der Waals surface area (Å²) in [5.41, 5.74) is 4.50. The van der Waals surface area contributed by atoms with E-state index in [4.69, 9.17) is 0 Å². The van der Waals surface area contributed by atoms with Crippen LogP contribution in [0.5, 0.6) is 0 Å². The molecule has 0 bridgehead atoms. The average Bonchev–Trinajstić information content (AvgIpc) is 2.41. The number of nitrogens with zero attached hydrogens (tertiary/aromatic N) is 1. The molecule has 0 fully saturated rings. The summed E-state index contributed by atoms with van der Waals surface area (Å²) < 4.78 is 0. The maximum atomic E-state index is 4.50. The summed E-state index contributed by atoms with van der Waals surface area (Å²) in [7, 11) is 1.50. The number of hydrogen-bond donors (Lipinski definition) is 1. The van der Waals surface area contributed by atoms with E-state index in [0.29, 0.717) is 0 Å². The lowest BCUT2D eigenvalue weighted by molar-refractivity contribution is 1.33. The quantitative estimate of drug-likeness (QED) is 0.693. The highest BCUT2D eigenvalue weighted by atomic mass is 14.6. The second-order valence-electron chi connectivity index (χ2n) is 1.02. The van der Waals surface area contributed by atoms with Crippen LogP contribution in [0.4, 0.5) is 0 Å². The van der Waals surface area contributed by atoms with Gasteiger partial charge in [0.05, 0.1) is 0 Å². The first-order valence-electron chi connectivity index (χ1n) is 5.43. The molecular weight excluding hydrogens is 172 g/mol. The highest BCUT2D eigenvalue weighted by molar-refractivity contribution is 4.88. The van der Waals surface area contributed by atoms with Gasteiger partial charge in [0.2, 0.25) is 0 Å². The molecule has 0 aromatic carbocycles. The SMILES string of the molecule is CC.CC.CC.CN.c1ccncc1. The van der Waals surface area contributed by atoms with E-state index in [1.54, 1.807) is 12.4 Å². The standard InChI is InChI=1S/C5H5N.3C2H6.CH5N/c1-2-4-6-5-3-1;4*1-2/h1-5H;3*1-2H3;2H2,1H3. The Bertz CT molecular complexity index is 80.2. The number of hydrogen-bond acceptors (Lipinski definition) is 2. The van der Waals surface area contributed by atoms with E-state index in [0.717, 1.165) is 0 Å². The molecule has 0 unspecified atom stereocenters. The minimum absolute atomic E-state index is 1.50. The molecule has 14 heavy (non-hydrogen) atoms. The van der Waals surface area contributed by atoms with E-state index in [9.17, 15) is 0 Å². The summed E-state index contributed by atoms with van der Waals surface area (Å²) in [5, 5.41) is 0. The highest BCUT2D eigenvalue weighted by Crippen LogP contribution is 1.73. The topological polar surface area (TPSA) is 38.9 Å². The van der Waals surface area contributed by atoms with Crippen molar-refractivity contribution in [1.29, 1.82) is 0 Å². The Morgan fingerprint density at radius 1 is 0.643 bits per heavy atom. The van der Waals surface area contributed by atoms with Gasteiger partial charge in [-0.2, -0.15) is 0 Å². The van der Waals surface area contributed by atoms with Crippen LogP contribution in [-0.2, 0) is 0 Å². The lowest BCUT2D eigenvalue weighted by Gasteiger charge is -1.70. The molecule has 0 saturated carbocycles. The first kappa shape index (κ1) is 23.2. The van der Waals surface area contributed by atoms with E-state index in [1.807, 2.05) is 59.7 Å². The summed E-state index contributed by atoms with van der Waals surface area (Å²) >= 11 is 0. The molecule has 0 saturated heterocycles. The molecule has 0 atom stereocenters. The Labute approximate surface area is 90.6 Å². The van der Waals surface area contributed by atoms with E-state index < -0.39 is 0 Å². The lowest BCUT2D eigenvalue weighted by Crippen LogP contribution is -1.69. The van der Waals surface area contributed by atoms with E-state index in [-0.39, 0.29) is 0 Å². The number of rotatable bonds is 0. The predicted molar refractivity (Wildman–Crippen MR) is 68.4 cm³/mol. The van der Waals surface area contributed by atoms with Crippen molar-refractivity contribution in [3.8, 4) is 0 Å². The fourth-order valence-electron chi connectivity index (χ4n) is 0.313. The second-order valence-corrected chi connectivity index (χ2v) is 1.02. The molecule has 2 heteroatoms. The highest BCUT2D eigenvalue weighted by Gasteiger charge is 1.58. The average molecular weight is 200 g/mol. The first-order valence-corrected chi connectivity index (χ1v) is 5.43. The van der Waals surface area contributed by atoms with Gasteiger partial charge >= 0.3 is 0 Å². The summed E-state index contributed by atoms with van der Waals surface area (Å²) in [6.45, 7) is 12.0. The van der Waals surface area contributed by atoms with Crippen molar-refractivity contribution in [3.63, 3.8) is 0 Å². The molecule has 0 radical (unpaired) electrons. The zero-order chi connectivity index (χ0) is 12.2. The molecule has 1 heterocycles. The molecule has 0 aliphatic carbocycles. The third kappa shape index (κ3) is 43.5. The zero-order valence-corrected chi connectivity index (χ0v) is 10.9. The Balaban J connectivity index is -0.0000000542. The molecule has 0 aliphatic rings. The normalized spacial score (nSPS) is 5.14. The fourth-order valence-corrected chi connectivity index (χ4v) is 0.313. The Morgan fingerprint density at radius 2 is 0.929 bits per heavy atom. The van der Waals surface area contributed by atoms with Crippen LogP contribution < -0.4 is 5.73 Å². The van der Waals surface area contributed by atoms with Crippen molar-refractivity contribution in [2.75, 3.05) is 7.05 Å². The van der Waals surface area contributed by atoms with Crippen LogP contribution in [0, 0.1) is 0 Å². The Morgan fingerprint density at radius 3 is 1.00 bits per heavy atom. The van der Waals surface area contributed by atoms with Gasteiger partial charge < -0.3 is 5.73 Å². The molecule has 2 nitrogen and oxygen atoms in total. The molecule has 0 spiro atoms. The second kappa shape index (κ2) is 57.2. The van der Waals surface area contributed by atoms with Gasteiger partial charge in [0.1, 0.15) is 0 Å². The van der Waals surface area contributed by atoms with Gasteiger partial charge in [0.15, 0.2) is 0 Å². The third-order valence-electron chi connectivity index (χ3n) is 0.566. The van der Waals surface area contributed by atoms with Crippen LogP contribution in [0.3, 0.4) is 0 Å². The maximum Gasteiger partial charge on any atom is 0.0267 e. The van der Waals surface area contributed by atoms with Gasteiger partial charge in [-0.3, -0.25) is 4.98 Å². The largest absolute Gasteiger partial charge is 0.333 e. The first-order chi connectivity index (χ1) is 7.00. The van der Waals surface area contributed by atoms with Crippen molar-refractivity contribution >= 4 is 0 Å². The van der Waals surface area contributed by atoms with Gasteiger partial charge in [0.25, 0.3) is 0 Å². The number of aromatic nitrogens is 1. The van der Waals surface area contributed by atoms with Crippen molar-refractivity contribution < 1.29 is 0 Å². The summed E-state index contributed by atoms with van der Waals surface area (Å²) in [4.78, 5) is 3.78. The monoisotopic (exact) mass is 200 g/mol. The molecule has 1 aromatic rings. The fraction of sp³-hybridized carbons (Fsp3) is 0.583. The number of pyridine rings is 1. The molecule has 1 rings (SSSR count). The minimum Gasteiger partial charge on any atom is -0.333 e. The Hall–Kier alpha value is -0.890. The summed E-state index contributed by atoms with van der Waals surface area (Å²) in [6.07, 6.45) is 3.50. The lowest BCUT2D eigenvalue weighted by atomic mass is 10.5. The van der Waals surface area contributed by atoms with E-state index >= 15 is 0 Å². The third-order valence-corrected chi connectivity index (χ3v) is 0.566. The molecule has 86 valence electrons. The van der Waals surface area contributed by atoms with Gasteiger partial charge in [0, 0.05) is 12.4 Å². The van der Waals surface area contributed by atoms with Crippen LogP contribution in [0.15, 0.2) is 30.6 Å².